The number of nitrogens with zero attached hydrogens (tertiary/aromatic N) is 3. The number of hydrazone groups is 1. The molecule has 2 aliphatic heterocycles. The number of hydrogen-bond acceptors (Lipinski definition) is 3. The first-order valence-electron chi connectivity index (χ1n) is 10.8. The van der Waals surface area contributed by atoms with Gasteiger partial charge in [0.2, 0.25) is 0 Å². The van der Waals surface area contributed by atoms with Crippen molar-refractivity contribution in [3.63, 3.8) is 0 Å². The van der Waals surface area contributed by atoms with Crippen LogP contribution in [0.5, 0.6) is 0 Å². The fraction of sp³-hybridized carbons (Fsp3) is 0.375. The van der Waals surface area contributed by atoms with Gasteiger partial charge in [0.1, 0.15) is 0 Å². The molecule has 0 aromatic heterocycles. The lowest BCUT2D eigenvalue weighted by atomic mass is 9.78. The SMILES string of the molecule is CC1(C)CC2=NN(c3ccccc3)P(=O)(Nc3ccccc3)C2=C(N2CCCC2)C1. The normalized spacial score (nSPS) is 25.3. The van der Waals surface area contributed by atoms with Crippen molar-refractivity contribution < 1.29 is 4.57 Å². The van der Waals surface area contributed by atoms with E-state index in [0.29, 0.717) is 0 Å². The van der Waals surface area contributed by atoms with Gasteiger partial charge in [0.05, 0.1) is 16.7 Å². The van der Waals surface area contributed by atoms with Crippen LogP contribution >= 0.6 is 7.44 Å². The Kier molecular flexibility index (Phi) is 4.74. The Labute approximate surface area is 178 Å². The lowest BCUT2D eigenvalue weighted by molar-refractivity contribution is 0.304. The molecule has 1 aliphatic carbocycles. The molecule has 1 saturated heterocycles. The summed E-state index contributed by atoms with van der Waals surface area (Å²) in [6.07, 6.45) is 4.17. The summed E-state index contributed by atoms with van der Waals surface area (Å²) in [6.45, 7) is 6.67. The second-order valence-electron chi connectivity index (χ2n) is 9.23. The smallest absolute Gasteiger partial charge is 0.313 e. The third-order valence-electron chi connectivity index (χ3n) is 6.15. The van der Waals surface area contributed by atoms with Crippen molar-refractivity contribution >= 4 is 24.5 Å². The van der Waals surface area contributed by atoms with E-state index in [2.05, 4.69) is 23.8 Å². The Morgan fingerprint density at radius 3 is 2.23 bits per heavy atom. The van der Waals surface area contributed by atoms with Crippen molar-refractivity contribution in [2.24, 2.45) is 10.5 Å². The Morgan fingerprint density at radius 1 is 0.933 bits per heavy atom. The quantitative estimate of drug-likeness (QED) is 0.590. The van der Waals surface area contributed by atoms with E-state index in [4.69, 9.17) is 5.10 Å². The number of fused-ring (bicyclic) bond motifs is 1. The predicted molar refractivity (Wildman–Crippen MR) is 125 cm³/mol. The molecule has 0 radical (unpaired) electrons. The van der Waals surface area contributed by atoms with E-state index in [0.717, 1.165) is 48.3 Å². The van der Waals surface area contributed by atoms with Crippen molar-refractivity contribution in [2.45, 2.75) is 39.5 Å². The van der Waals surface area contributed by atoms with Gasteiger partial charge in [-0.3, -0.25) is 4.57 Å². The molecule has 30 heavy (non-hydrogen) atoms. The van der Waals surface area contributed by atoms with Gasteiger partial charge in [0.15, 0.2) is 0 Å². The highest BCUT2D eigenvalue weighted by molar-refractivity contribution is 7.73. The number of rotatable bonds is 4. The van der Waals surface area contributed by atoms with Crippen LogP contribution in [0.1, 0.15) is 39.5 Å². The zero-order valence-electron chi connectivity index (χ0n) is 17.7. The highest BCUT2D eigenvalue weighted by Gasteiger charge is 2.50. The van der Waals surface area contributed by atoms with Crippen molar-refractivity contribution in [1.29, 1.82) is 0 Å². The number of likely N-dealkylation sites (tertiary alicyclic amines) is 1. The van der Waals surface area contributed by atoms with Crippen LogP contribution in [0.2, 0.25) is 0 Å². The molecule has 5 rings (SSSR count). The molecule has 0 bridgehead atoms. The average molecular weight is 420 g/mol. The number of nitrogens with one attached hydrogen (secondary N) is 1. The molecule has 2 aromatic rings. The van der Waals surface area contributed by atoms with Crippen LogP contribution in [-0.4, -0.2) is 23.7 Å². The van der Waals surface area contributed by atoms with Crippen molar-refractivity contribution in [2.75, 3.05) is 23.0 Å². The summed E-state index contributed by atoms with van der Waals surface area (Å²) in [6, 6.07) is 19.8. The second-order valence-corrected chi connectivity index (χ2v) is 11.4. The maximum atomic E-state index is 14.9. The first-order chi connectivity index (χ1) is 14.5. The third-order valence-corrected chi connectivity index (χ3v) is 8.69. The molecule has 1 fully saturated rings. The van der Waals surface area contributed by atoms with E-state index in [-0.39, 0.29) is 5.41 Å². The maximum absolute atomic E-state index is 14.9. The molecule has 1 N–H and O–H groups in total. The standard InChI is InChI=1S/C24H29N4OP/c1-24(2)17-21-23(22(18-24)27-15-9-10-16-27)30(29,26-19-11-5-3-6-12-19)28(25-21)20-13-7-4-8-14-20/h3-8,11-14H,9-10,15-18H2,1-2H3,(H,26,29). The van der Waals surface area contributed by atoms with Crippen LogP contribution in [0.4, 0.5) is 11.4 Å². The largest absolute Gasteiger partial charge is 0.374 e. The zero-order chi connectivity index (χ0) is 20.8. The summed E-state index contributed by atoms with van der Waals surface area (Å²) >= 11 is 0. The molecular weight excluding hydrogens is 391 g/mol. The van der Waals surface area contributed by atoms with E-state index < -0.39 is 7.44 Å². The molecule has 2 aromatic carbocycles. The molecule has 3 aliphatic rings. The minimum Gasteiger partial charge on any atom is -0.374 e. The van der Waals surface area contributed by atoms with Crippen molar-refractivity contribution in [3.05, 3.63) is 71.7 Å². The minimum atomic E-state index is -3.20. The predicted octanol–water partition coefficient (Wildman–Crippen LogP) is 6.30. The molecule has 0 saturated carbocycles. The van der Waals surface area contributed by atoms with E-state index in [1.54, 1.807) is 4.78 Å². The van der Waals surface area contributed by atoms with E-state index in [9.17, 15) is 4.57 Å². The molecule has 1 atom stereocenters. The van der Waals surface area contributed by atoms with Gasteiger partial charge in [-0.25, -0.2) is 0 Å². The molecule has 1 unspecified atom stereocenters. The second kappa shape index (κ2) is 7.31. The molecule has 5 nitrogen and oxygen atoms in total. The number of allylic oxidation sites excluding steroid dienone is 2. The summed E-state index contributed by atoms with van der Waals surface area (Å²) in [5, 5.41) is 9.36. The highest BCUT2D eigenvalue weighted by atomic mass is 31.2. The lowest BCUT2D eigenvalue weighted by Gasteiger charge is -2.38. The molecule has 156 valence electrons. The zero-order valence-corrected chi connectivity index (χ0v) is 18.6. The Hall–Kier alpha value is -2.52. The van der Waals surface area contributed by atoms with Gasteiger partial charge in [-0.15, -0.1) is 0 Å². The topological polar surface area (TPSA) is 47.9 Å². The van der Waals surface area contributed by atoms with Crippen LogP contribution in [0.3, 0.4) is 0 Å². The van der Waals surface area contributed by atoms with Crippen LogP contribution in [-0.2, 0) is 4.57 Å². The van der Waals surface area contributed by atoms with Crippen LogP contribution in [0.25, 0.3) is 0 Å². The Balaban J connectivity index is 1.69. The first kappa shape index (κ1) is 19.4. The Morgan fingerprint density at radius 2 is 1.57 bits per heavy atom. The number of benzene rings is 2. The fourth-order valence-corrected chi connectivity index (χ4v) is 7.46. The summed E-state index contributed by atoms with van der Waals surface area (Å²) in [4.78, 5) is 2.46. The molecule has 0 amide bonds. The first-order valence-corrected chi connectivity index (χ1v) is 12.5. The van der Waals surface area contributed by atoms with Crippen LogP contribution < -0.4 is 9.87 Å². The lowest BCUT2D eigenvalue weighted by Crippen LogP contribution is -2.32. The van der Waals surface area contributed by atoms with Gasteiger partial charge < -0.3 is 9.99 Å². The monoisotopic (exact) mass is 420 g/mol. The fourth-order valence-electron chi connectivity index (χ4n) is 4.83. The number of anilines is 2. The number of para-hydroxylation sites is 2. The highest BCUT2D eigenvalue weighted by Crippen LogP contribution is 2.66. The Bertz CT molecular complexity index is 1040. The average Bonchev–Trinajstić information content (AvgIpc) is 3.35. The van der Waals surface area contributed by atoms with E-state index in [1.807, 2.05) is 60.7 Å². The van der Waals surface area contributed by atoms with Gasteiger partial charge in [-0.05, 0) is 55.4 Å². The molecule has 6 heteroatoms. The van der Waals surface area contributed by atoms with Crippen molar-refractivity contribution in [1.82, 2.24) is 4.90 Å². The third kappa shape index (κ3) is 3.35. The molecule has 2 heterocycles. The van der Waals surface area contributed by atoms with Gasteiger partial charge >= 0.3 is 7.44 Å². The van der Waals surface area contributed by atoms with Crippen LogP contribution in [0.15, 0.2) is 76.8 Å². The summed E-state index contributed by atoms with van der Waals surface area (Å²) in [5.41, 5.74) is 4.02. The summed E-state index contributed by atoms with van der Waals surface area (Å²) in [5.74, 6) is 0. The molecular formula is C24H29N4OP. The van der Waals surface area contributed by atoms with Gasteiger partial charge in [0, 0.05) is 24.5 Å². The minimum absolute atomic E-state index is 0.102. The summed E-state index contributed by atoms with van der Waals surface area (Å²) in [7, 11) is -3.20. The van der Waals surface area contributed by atoms with E-state index >= 15 is 0 Å². The van der Waals surface area contributed by atoms with Gasteiger partial charge in [-0.1, -0.05) is 50.2 Å². The van der Waals surface area contributed by atoms with Gasteiger partial charge in [0.25, 0.3) is 0 Å². The molecule has 0 spiro atoms. The van der Waals surface area contributed by atoms with Gasteiger partial charge in [-0.2, -0.15) is 9.88 Å². The van der Waals surface area contributed by atoms with Crippen molar-refractivity contribution in [3.8, 4) is 0 Å². The maximum Gasteiger partial charge on any atom is 0.313 e. The number of hydrogen-bond donors (Lipinski definition) is 1. The summed E-state index contributed by atoms with van der Waals surface area (Å²) < 4.78 is 16.6. The van der Waals surface area contributed by atoms with Crippen LogP contribution in [0, 0.1) is 5.41 Å². The van der Waals surface area contributed by atoms with E-state index in [1.165, 1.54) is 18.5 Å².